The van der Waals surface area contributed by atoms with E-state index in [1.54, 1.807) is 0 Å². The van der Waals surface area contributed by atoms with E-state index in [0.29, 0.717) is 12.0 Å². The SMILES string of the molecule is CC(C)N=C(N)N(C)C(C)C1CC1. The highest BCUT2D eigenvalue weighted by Gasteiger charge is 2.31. The van der Waals surface area contributed by atoms with Crippen LogP contribution in [0.5, 0.6) is 0 Å². The quantitative estimate of drug-likeness (QED) is 0.531. The molecule has 0 amide bonds. The first-order valence-electron chi connectivity index (χ1n) is 5.08. The first-order valence-corrected chi connectivity index (χ1v) is 5.08. The van der Waals surface area contributed by atoms with Crippen LogP contribution in [0.3, 0.4) is 0 Å². The van der Waals surface area contributed by atoms with Crippen LogP contribution in [-0.4, -0.2) is 30.0 Å². The zero-order valence-corrected chi connectivity index (χ0v) is 9.12. The monoisotopic (exact) mass is 183 g/mol. The molecule has 1 rings (SSSR count). The second-order valence-corrected chi connectivity index (χ2v) is 4.27. The molecule has 0 radical (unpaired) electrons. The Morgan fingerprint density at radius 2 is 1.92 bits per heavy atom. The molecule has 0 bridgehead atoms. The average Bonchev–Trinajstić information content (AvgIpc) is 2.82. The fraction of sp³-hybridized carbons (Fsp3) is 0.900. The Labute approximate surface area is 81.0 Å². The molecule has 3 heteroatoms. The van der Waals surface area contributed by atoms with Gasteiger partial charge in [0.2, 0.25) is 0 Å². The van der Waals surface area contributed by atoms with Crippen molar-refractivity contribution < 1.29 is 0 Å². The van der Waals surface area contributed by atoms with Crippen LogP contribution in [0.25, 0.3) is 0 Å². The second kappa shape index (κ2) is 3.99. The van der Waals surface area contributed by atoms with Gasteiger partial charge in [-0.15, -0.1) is 0 Å². The molecule has 0 saturated heterocycles. The third-order valence-electron chi connectivity index (χ3n) is 2.67. The molecule has 1 atom stereocenters. The first-order chi connectivity index (χ1) is 6.02. The standard InChI is InChI=1S/C10H21N3/c1-7(2)12-10(11)13(4)8(3)9-5-6-9/h7-9H,5-6H2,1-4H3,(H2,11,12). The van der Waals surface area contributed by atoms with Gasteiger partial charge in [0.05, 0.1) is 0 Å². The van der Waals surface area contributed by atoms with Crippen molar-refractivity contribution in [3.8, 4) is 0 Å². The second-order valence-electron chi connectivity index (χ2n) is 4.27. The zero-order valence-electron chi connectivity index (χ0n) is 9.12. The minimum atomic E-state index is 0.286. The van der Waals surface area contributed by atoms with Crippen molar-refractivity contribution in [1.82, 2.24) is 4.90 Å². The molecule has 0 spiro atoms. The van der Waals surface area contributed by atoms with Gasteiger partial charge < -0.3 is 10.6 Å². The molecule has 1 fully saturated rings. The van der Waals surface area contributed by atoms with Gasteiger partial charge in [0.25, 0.3) is 0 Å². The highest BCUT2D eigenvalue weighted by Crippen LogP contribution is 2.34. The summed E-state index contributed by atoms with van der Waals surface area (Å²) in [5.41, 5.74) is 5.86. The number of hydrogen-bond donors (Lipinski definition) is 1. The Morgan fingerprint density at radius 1 is 1.38 bits per heavy atom. The van der Waals surface area contributed by atoms with Crippen molar-refractivity contribution >= 4 is 5.96 Å². The fourth-order valence-electron chi connectivity index (χ4n) is 1.46. The number of aliphatic imine (C=N–C) groups is 1. The van der Waals surface area contributed by atoms with Gasteiger partial charge in [0.15, 0.2) is 5.96 Å². The minimum Gasteiger partial charge on any atom is -0.370 e. The maximum absolute atomic E-state index is 5.86. The van der Waals surface area contributed by atoms with E-state index in [9.17, 15) is 0 Å². The first kappa shape index (κ1) is 10.4. The summed E-state index contributed by atoms with van der Waals surface area (Å²) in [4.78, 5) is 6.42. The average molecular weight is 183 g/mol. The Kier molecular flexibility index (Phi) is 3.17. The van der Waals surface area contributed by atoms with Crippen LogP contribution in [0.15, 0.2) is 4.99 Å². The Balaban J connectivity index is 2.49. The van der Waals surface area contributed by atoms with Crippen molar-refractivity contribution in [2.45, 2.75) is 45.7 Å². The topological polar surface area (TPSA) is 41.6 Å². The van der Waals surface area contributed by atoms with Gasteiger partial charge in [-0.25, -0.2) is 0 Å². The molecule has 0 aliphatic heterocycles. The molecule has 13 heavy (non-hydrogen) atoms. The van der Waals surface area contributed by atoms with Gasteiger partial charge in [-0.05, 0) is 39.5 Å². The van der Waals surface area contributed by atoms with E-state index in [1.165, 1.54) is 12.8 Å². The fourth-order valence-corrected chi connectivity index (χ4v) is 1.46. The Hall–Kier alpha value is -0.730. The molecule has 1 unspecified atom stereocenters. The molecule has 1 saturated carbocycles. The van der Waals surface area contributed by atoms with E-state index in [4.69, 9.17) is 5.73 Å². The lowest BCUT2D eigenvalue weighted by Crippen LogP contribution is -2.41. The summed E-state index contributed by atoms with van der Waals surface area (Å²) in [5, 5.41) is 0. The van der Waals surface area contributed by atoms with E-state index in [0.717, 1.165) is 5.92 Å². The van der Waals surface area contributed by atoms with E-state index in [2.05, 4.69) is 16.8 Å². The Bertz CT molecular complexity index is 194. The van der Waals surface area contributed by atoms with Crippen molar-refractivity contribution in [1.29, 1.82) is 0 Å². The summed E-state index contributed by atoms with van der Waals surface area (Å²) < 4.78 is 0. The molecular formula is C10H21N3. The normalized spacial score (nSPS) is 20.5. The van der Waals surface area contributed by atoms with E-state index < -0.39 is 0 Å². The van der Waals surface area contributed by atoms with Crippen molar-refractivity contribution in [2.75, 3.05) is 7.05 Å². The lowest BCUT2D eigenvalue weighted by molar-refractivity contribution is 0.348. The number of hydrogen-bond acceptors (Lipinski definition) is 1. The highest BCUT2D eigenvalue weighted by atomic mass is 15.3. The van der Waals surface area contributed by atoms with Crippen LogP contribution >= 0.6 is 0 Å². The lowest BCUT2D eigenvalue weighted by Gasteiger charge is -2.26. The van der Waals surface area contributed by atoms with E-state index in [1.807, 2.05) is 20.9 Å². The highest BCUT2D eigenvalue weighted by molar-refractivity contribution is 5.78. The minimum absolute atomic E-state index is 0.286. The molecular weight excluding hydrogens is 162 g/mol. The summed E-state index contributed by atoms with van der Waals surface area (Å²) in [6, 6.07) is 0.830. The van der Waals surface area contributed by atoms with E-state index >= 15 is 0 Å². The molecule has 3 nitrogen and oxygen atoms in total. The largest absolute Gasteiger partial charge is 0.370 e. The summed E-state index contributed by atoms with van der Waals surface area (Å²) in [7, 11) is 2.03. The molecule has 0 aromatic heterocycles. The van der Waals surface area contributed by atoms with Gasteiger partial charge >= 0.3 is 0 Å². The summed E-state index contributed by atoms with van der Waals surface area (Å²) in [6.07, 6.45) is 2.70. The predicted molar refractivity (Wildman–Crippen MR) is 56.7 cm³/mol. The molecule has 1 aliphatic carbocycles. The molecule has 0 aromatic carbocycles. The maximum atomic E-state index is 5.86. The van der Waals surface area contributed by atoms with Crippen LogP contribution < -0.4 is 5.73 Å². The summed E-state index contributed by atoms with van der Waals surface area (Å²) in [6.45, 7) is 6.31. The van der Waals surface area contributed by atoms with Crippen LogP contribution in [0, 0.1) is 5.92 Å². The third-order valence-corrected chi connectivity index (χ3v) is 2.67. The van der Waals surface area contributed by atoms with Crippen LogP contribution in [0.2, 0.25) is 0 Å². The van der Waals surface area contributed by atoms with Crippen LogP contribution in [-0.2, 0) is 0 Å². The van der Waals surface area contributed by atoms with Crippen LogP contribution in [0.4, 0.5) is 0 Å². The van der Waals surface area contributed by atoms with E-state index in [-0.39, 0.29) is 6.04 Å². The number of guanidine groups is 1. The molecule has 76 valence electrons. The van der Waals surface area contributed by atoms with Gasteiger partial charge in [-0.2, -0.15) is 0 Å². The van der Waals surface area contributed by atoms with Crippen molar-refractivity contribution in [3.05, 3.63) is 0 Å². The van der Waals surface area contributed by atoms with Gasteiger partial charge in [0, 0.05) is 19.1 Å². The molecule has 0 aromatic rings. The number of rotatable bonds is 3. The zero-order chi connectivity index (χ0) is 10.0. The lowest BCUT2D eigenvalue weighted by atomic mass is 10.2. The third kappa shape index (κ3) is 2.90. The van der Waals surface area contributed by atoms with Gasteiger partial charge in [-0.1, -0.05) is 0 Å². The predicted octanol–water partition coefficient (Wildman–Crippen LogP) is 1.44. The summed E-state index contributed by atoms with van der Waals surface area (Å²) >= 11 is 0. The Morgan fingerprint density at radius 3 is 2.31 bits per heavy atom. The van der Waals surface area contributed by atoms with Gasteiger partial charge in [0.1, 0.15) is 0 Å². The molecule has 0 heterocycles. The van der Waals surface area contributed by atoms with Crippen molar-refractivity contribution in [3.63, 3.8) is 0 Å². The van der Waals surface area contributed by atoms with Crippen LogP contribution in [0.1, 0.15) is 33.6 Å². The summed E-state index contributed by atoms with van der Waals surface area (Å²) in [5.74, 6) is 1.51. The molecule has 2 N–H and O–H groups in total. The maximum Gasteiger partial charge on any atom is 0.191 e. The molecule has 1 aliphatic rings. The number of nitrogens with two attached hydrogens (primary N) is 1. The number of nitrogens with zero attached hydrogens (tertiary/aromatic N) is 2. The van der Waals surface area contributed by atoms with Crippen molar-refractivity contribution in [2.24, 2.45) is 16.6 Å². The smallest absolute Gasteiger partial charge is 0.191 e. The van der Waals surface area contributed by atoms with Gasteiger partial charge in [-0.3, -0.25) is 4.99 Å².